The zero-order valence-electron chi connectivity index (χ0n) is 19.5. The molecular formula is C27H22F2N4O2S. The Kier molecular flexibility index (Phi) is 6.47. The van der Waals surface area contributed by atoms with E-state index in [-0.39, 0.29) is 18.1 Å². The van der Waals surface area contributed by atoms with Crippen molar-refractivity contribution in [3.05, 3.63) is 93.6 Å². The summed E-state index contributed by atoms with van der Waals surface area (Å²) >= 11 is 1.37. The zero-order valence-corrected chi connectivity index (χ0v) is 20.4. The molecular weight excluding hydrogens is 482 g/mol. The molecule has 4 aromatic rings. The standard InChI is InChI=1S/C27H22F2N4O2S/c1-16(2)17-4-8-21(9-5-17)31-27-33(30-13-19-3-7-20(28)12-22(19)29)24(15-36-27)18-6-10-25-23(11-18)32-26(34)14-35-25/h3-13,15-16H,14H2,1-2H3,(H,32,34). The van der Waals surface area contributed by atoms with Crippen molar-refractivity contribution in [1.82, 2.24) is 4.68 Å². The van der Waals surface area contributed by atoms with E-state index in [9.17, 15) is 13.6 Å². The van der Waals surface area contributed by atoms with Gasteiger partial charge in [0.05, 0.1) is 23.3 Å². The number of hydrogen-bond donors (Lipinski definition) is 1. The smallest absolute Gasteiger partial charge is 0.262 e. The minimum Gasteiger partial charge on any atom is -0.482 e. The lowest BCUT2D eigenvalue weighted by molar-refractivity contribution is -0.118. The molecule has 9 heteroatoms. The number of fused-ring (bicyclic) bond motifs is 1. The van der Waals surface area contributed by atoms with Crippen LogP contribution in [-0.4, -0.2) is 23.4 Å². The molecule has 0 saturated carbocycles. The molecule has 1 amide bonds. The van der Waals surface area contributed by atoms with E-state index in [1.165, 1.54) is 35.2 Å². The van der Waals surface area contributed by atoms with E-state index in [2.05, 4.69) is 24.3 Å². The van der Waals surface area contributed by atoms with Gasteiger partial charge in [0.2, 0.25) is 4.80 Å². The maximum absolute atomic E-state index is 14.3. The molecule has 0 unspecified atom stereocenters. The lowest BCUT2D eigenvalue weighted by Crippen LogP contribution is -2.25. The summed E-state index contributed by atoms with van der Waals surface area (Å²) in [6.07, 6.45) is 1.33. The van der Waals surface area contributed by atoms with Gasteiger partial charge in [-0.25, -0.2) is 18.4 Å². The Morgan fingerprint density at radius 3 is 2.64 bits per heavy atom. The summed E-state index contributed by atoms with van der Waals surface area (Å²) in [5.74, 6) is -0.628. The summed E-state index contributed by atoms with van der Waals surface area (Å²) in [6.45, 7) is 4.22. The lowest BCUT2D eigenvalue weighted by Gasteiger charge is -2.18. The summed E-state index contributed by atoms with van der Waals surface area (Å²) in [5.41, 5.74) is 4.08. The molecule has 0 saturated heterocycles. The van der Waals surface area contributed by atoms with Gasteiger partial charge in [-0.3, -0.25) is 4.79 Å². The van der Waals surface area contributed by atoms with E-state index in [1.54, 1.807) is 16.8 Å². The number of nitrogens with zero attached hydrogens (tertiary/aromatic N) is 3. The van der Waals surface area contributed by atoms with Crippen molar-refractivity contribution in [3.8, 4) is 17.0 Å². The zero-order chi connectivity index (χ0) is 25.2. The highest BCUT2D eigenvalue weighted by Gasteiger charge is 2.18. The highest BCUT2D eigenvalue weighted by atomic mass is 32.1. The van der Waals surface area contributed by atoms with Crippen LogP contribution in [0.15, 0.2) is 76.1 Å². The molecule has 1 aliphatic rings. The number of ether oxygens (including phenoxy) is 1. The number of halogens is 2. The van der Waals surface area contributed by atoms with Gasteiger partial charge >= 0.3 is 0 Å². The number of benzene rings is 3. The number of hydrogen-bond acceptors (Lipinski definition) is 5. The summed E-state index contributed by atoms with van der Waals surface area (Å²) in [6, 6.07) is 16.7. The maximum atomic E-state index is 14.3. The van der Waals surface area contributed by atoms with E-state index in [0.717, 1.165) is 17.3 Å². The van der Waals surface area contributed by atoms with Crippen molar-refractivity contribution in [1.29, 1.82) is 0 Å². The van der Waals surface area contributed by atoms with Crippen LogP contribution in [0.25, 0.3) is 11.3 Å². The van der Waals surface area contributed by atoms with Crippen LogP contribution in [0.3, 0.4) is 0 Å². The summed E-state index contributed by atoms with van der Waals surface area (Å²) in [7, 11) is 0. The first-order valence-corrected chi connectivity index (χ1v) is 12.2. The fourth-order valence-corrected chi connectivity index (χ4v) is 4.56. The number of thiazole rings is 1. The monoisotopic (exact) mass is 504 g/mol. The number of rotatable bonds is 5. The fourth-order valence-electron chi connectivity index (χ4n) is 3.70. The molecule has 0 atom stereocenters. The fraction of sp³-hybridized carbons (Fsp3) is 0.148. The minimum absolute atomic E-state index is 0.0308. The van der Waals surface area contributed by atoms with Gasteiger partial charge in [-0.1, -0.05) is 26.0 Å². The van der Waals surface area contributed by atoms with E-state index in [4.69, 9.17) is 9.73 Å². The topological polar surface area (TPSA) is 68.0 Å². The van der Waals surface area contributed by atoms with Crippen LogP contribution in [0.4, 0.5) is 20.2 Å². The van der Waals surface area contributed by atoms with Crippen molar-refractivity contribution in [2.45, 2.75) is 19.8 Å². The Labute approximate surface area is 210 Å². The molecule has 0 aliphatic carbocycles. The molecule has 2 heterocycles. The first-order chi connectivity index (χ1) is 17.4. The molecule has 36 heavy (non-hydrogen) atoms. The third kappa shape index (κ3) is 4.96. The normalized spacial score (nSPS) is 13.7. The van der Waals surface area contributed by atoms with E-state index in [0.29, 0.717) is 27.9 Å². The molecule has 1 aliphatic heterocycles. The Bertz CT molecular complexity index is 1540. The quantitative estimate of drug-likeness (QED) is 0.336. The number of aromatic nitrogens is 1. The van der Waals surface area contributed by atoms with Crippen molar-refractivity contribution >= 4 is 34.8 Å². The SMILES string of the molecule is CC(C)c1ccc(N=c2scc(-c3ccc4c(c3)NC(=O)CO4)n2N=Cc2ccc(F)cc2F)cc1. The van der Waals surface area contributed by atoms with Gasteiger partial charge in [0.15, 0.2) is 6.61 Å². The van der Waals surface area contributed by atoms with E-state index < -0.39 is 11.6 Å². The highest BCUT2D eigenvalue weighted by Crippen LogP contribution is 2.33. The van der Waals surface area contributed by atoms with Gasteiger partial charge in [-0.15, -0.1) is 11.3 Å². The molecule has 1 aromatic heterocycles. The molecule has 0 fully saturated rings. The molecule has 3 aromatic carbocycles. The van der Waals surface area contributed by atoms with Gasteiger partial charge in [0.25, 0.3) is 5.91 Å². The predicted molar refractivity (Wildman–Crippen MR) is 137 cm³/mol. The Morgan fingerprint density at radius 2 is 1.89 bits per heavy atom. The Hall–Kier alpha value is -4.11. The van der Waals surface area contributed by atoms with Gasteiger partial charge in [0.1, 0.15) is 17.4 Å². The second-order valence-electron chi connectivity index (χ2n) is 8.53. The summed E-state index contributed by atoms with van der Waals surface area (Å²) in [5, 5.41) is 9.19. The first kappa shape index (κ1) is 23.6. The van der Waals surface area contributed by atoms with Crippen molar-refractivity contribution in [2.24, 2.45) is 10.1 Å². The predicted octanol–water partition coefficient (Wildman–Crippen LogP) is 6.06. The number of carbonyl (C=O) groups excluding carboxylic acids is 1. The average Bonchev–Trinajstić information content (AvgIpc) is 3.25. The number of carbonyl (C=O) groups is 1. The largest absolute Gasteiger partial charge is 0.482 e. The molecule has 0 radical (unpaired) electrons. The van der Waals surface area contributed by atoms with Crippen LogP contribution in [0, 0.1) is 11.6 Å². The molecule has 6 nitrogen and oxygen atoms in total. The second-order valence-corrected chi connectivity index (χ2v) is 9.37. The van der Waals surface area contributed by atoms with Crippen LogP contribution in [-0.2, 0) is 4.79 Å². The minimum atomic E-state index is -0.715. The van der Waals surface area contributed by atoms with Crippen molar-refractivity contribution in [3.63, 3.8) is 0 Å². The maximum Gasteiger partial charge on any atom is 0.262 e. The van der Waals surface area contributed by atoms with Crippen molar-refractivity contribution in [2.75, 3.05) is 11.9 Å². The number of anilines is 1. The molecule has 5 rings (SSSR count). The van der Waals surface area contributed by atoms with Crippen molar-refractivity contribution < 1.29 is 18.3 Å². The second kappa shape index (κ2) is 9.87. The Morgan fingerprint density at radius 1 is 1.08 bits per heavy atom. The first-order valence-electron chi connectivity index (χ1n) is 11.3. The summed E-state index contributed by atoms with van der Waals surface area (Å²) < 4.78 is 34.7. The average molecular weight is 505 g/mol. The van der Waals surface area contributed by atoms with Crippen LogP contribution >= 0.6 is 11.3 Å². The van der Waals surface area contributed by atoms with Gasteiger partial charge < -0.3 is 10.1 Å². The Balaban J connectivity index is 1.61. The molecule has 1 N–H and O–H groups in total. The van der Waals surface area contributed by atoms with E-state index >= 15 is 0 Å². The lowest BCUT2D eigenvalue weighted by atomic mass is 10.0. The number of amides is 1. The van der Waals surface area contributed by atoms with Crippen LogP contribution in [0.1, 0.15) is 30.9 Å². The third-order valence-corrected chi connectivity index (χ3v) is 6.47. The molecule has 182 valence electrons. The third-order valence-electron chi connectivity index (χ3n) is 5.65. The molecule has 0 bridgehead atoms. The van der Waals surface area contributed by atoms with Crippen LogP contribution in [0.2, 0.25) is 0 Å². The van der Waals surface area contributed by atoms with Crippen LogP contribution < -0.4 is 14.9 Å². The highest BCUT2D eigenvalue weighted by molar-refractivity contribution is 7.07. The number of nitrogens with one attached hydrogen (secondary N) is 1. The van der Waals surface area contributed by atoms with Gasteiger partial charge in [-0.2, -0.15) is 5.10 Å². The van der Waals surface area contributed by atoms with E-state index in [1.807, 2.05) is 35.7 Å². The summed E-state index contributed by atoms with van der Waals surface area (Å²) in [4.78, 5) is 17.1. The van der Waals surface area contributed by atoms with Crippen LogP contribution in [0.5, 0.6) is 5.75 Å². The molecule has 0 spiro atoms. The van der Waals surface area contributed by atoms with Gasteiger partial charge in [-0.05, 0) is 53.9 Å². The van der Waals surface area contributed by atoms with Gasteiger partial charge in [0, 0.05) is 22.6 Å².